The number of carbonyl (C=O) groups excluding carboxylic acids is 1. The van der Waals surface area contributed by atoms with Crippen LogP contribution in [0, 0.1) is 10.1 Å². The molecule has 1 aromatic heterocycles. The zero-order chi connectivity index (χ0) is 17.0. The molecule has 0 aromatic carbocycles. The number of amides is 1. The first kappa shape index (κ1) is 17.0. The van der Waals surface area contributed by atoms with E-state index in [9.17, 15) is 14.9 Å². The van der Waals surface area contributed by atoms with Gasteiger partial charge in [0.2, 0.25) is 5.88 Å². The van der Waals surface area contributed by atoms with Crippen LogP contribution < -0.4 is 4.74 Å². The lowest BCUT2D eigenvalue weighted by Gasteiger charge is -2.28. The van der Waals surface area contributed by atoms with Crippen molar-refractivity contribution in [1.29, 1.82) is 0 Å². The number of rotatable bonds is 4. The van der Waals surface area contributed by atoms with E-state index in [0.29, 0.717) is 12.4 Å². The summed E-state index contributed by atoms with van der Waals surface area (Å²) in [4.78, 5) is 27.8. The van der Waals surface area contributed by atoms with Gasteiger partial charge in [0, 0.05) is 18.7 Å². The van der Waals surface area contributed by atoms with Gasteiger partial charge in [-0.3, -0.25) is 10.1 Å². The second kappa shape index (κ2) is 6.80. The molecule has 1 aliphatic heterocycles. The third-order valence-corrected chi connectivity index (χ3v) is 3.36. The number of hydrogen-bond acceptors (Lipinski definition) is 6. The SMILES string of the molecule is CC(C)(C)OC(=O)N1CCCC1COc1ccc([N+](=O)[O-])cn1. The Balaban J connectivity index is 1.91. The maximum atomic E-state index is 12.2. The lowest BCUT2D eigenvalue weighted by molar-refractivity contribution is -0.385. The summed E-state index contributed by atoms with van der Waals surface area (Å²) in [5.41, 5.74) is -0.626. The maximum absolute atomic E-state index is 12.2. The summed E-state index contributed by atoms with van der Waals surface area (Å²) in [6.45, 7) is 6.40. The minimum atomic E-state index is -0.537. The number of aromatic nitrogens is 1. The second-order valence-corrected chi connectivity index (χ2v) is 6.39. The molecule has 1 atom stereocenters. The van der Waals surface area contributed by atoms with Gasteiger partial charge in [0.15, 0.2) is 0 Å². The number of hydrogen-bond donors (Lipinski definition) is 0. The van der Waals surface area contributed by atoms with Gasteiger partial charge < -0.3 is 14.4 Å². The van der Waals surface area contributed by atoms with Gasteiger partial charge in [0.25, 0.3) is 5.69 Å². The van der Waals surface area contributed by atoms with Crippen LogP contribution in [0.25, 0.3) is 0 Å². The van der Waals surface area contributed by atoms with Gasteiger partial charge in [-0.1, -0.05) is 0 Å². The van der Waals surface area contributed by atoms with Gasteiger partial charge in [0.05, 0.1) is 11.0 Å². The number of carbonyl (C=O) groups is 1. The molecule has 1 aliphatic rings. The molecule has 1 amide bonds. The number of nitro groups is 1. The fraction of sp³-hybridized carbons (Fsp3) is 0.600. The highest BCUT2D eigenvalue weighted by Gasteiger charge is 2.32. The average Bonchev–Trinajstić information content (AvgIpc) is 2.92. The summed E-state index contributed by atoms with van der Waals surface area (Å²) in [5, 5.41) is 10.6. The molecule has 2 heterocycles. The molecule has 1 unspecified atom stereocenters. The molecular weight excluding hydrogens is 302 g/mol. The summed E-state index contributed by atoms with van der Waals surface area (Å²) in [5.74, 6) is 0.298. The molecule has 0 saturated carbocycles. The van der Waals surface area contributed by atoms with E-state index in [1.165, 1.54) is 12.1 Å². The largest absolute Gasteiger partial charge is 0.475 e. The number of nitrogens with zero attached hydrogens (tertiary/aromatic N) is 3. The standard InChI is InChI=1S/C15H21N3O5/c1-15(2,3)23-14(19)17-8-4-5-12(17)10-22-13-7-6-11(9-16-13)18(20)21/h6-7,9,12H,4-5,8,10H2,1-3H3. The van der Waals surface area contributed by atoms with Gasteiger partial charge in [-0.15, -0.1) is 0 Å². The van der Waals surface area contributed by atoms with Crippen LogP contribution in [0.4, 0.5) is 10.5 Å². The molecule has 1 fully saturated rings. The van der Waals surface area contributed by atoms with Crippen molar-refractivity contribution >= 4 is 11.8 Å². The summed E-state index contributed by atoms with van der Waals surface area (Å²) in [6.07, 6.45) is 2.52. The molecule has 8 nitrogen and oxygen atoms in total. The van der Waals surface area contributed by atoms with E-state index >= 15 is 0 Å². The van der Waals surface area contributed by atoms with Crippen molar-refractivity contribution in [2.24, 2.45) is 0 Å². The predicted octanol–water partition coefficient (Wildman–Crippen LogP) is 2.77. The molecular formula is C15H21N3O5. The minimum absolute atomic E-state index is 0.0816. The van der Waals surface area contributed by atoms with Crippen molar-refractivity contribution in [2.45, 2.75) is 45.3 Å². The van der Waals surface area contributed by atoms with E-state index in [1.807, 2.05) is 20.8 Å². The van der Waals surface area contributed by atoms with E-state index < -0.39 is 10.5 Å². The Morgan fingerprint density at radius 3 is 2.78 bits per heavy atom. The molecule has 0 spiro atoms. The Kier molecular flexibility index (Phi) is 5.02. The average molecular weight is 323 g/mol. The molecule has 126 valence electrons. The van der Waals surface area contributed by atoms with E-state index in [4.69, 9.17) is 9.47 Å². The molecule has 8 heteroatoms. The third-order valence-electron chi connectivity index (χ3n) is 3.36. The van der Waals surface area contributed by atoms with E-state index in [0.717, 1.165) is 19.0 Å². The summed E-state index contributed by atoms with van der Waals surface area (Å²) < 4.78 is 10.9. The summed E-state index contributed by atoms with van der Waals surface area (Å²) in [6, 6.07) is 2.70. The minimum Gasteiger partial charge on any atom is -0.475 e. The van der Waals surface area contributed by atoms with Crippen LogP contribution in [0.3, 0.4) is 0 Å². The van der Waals surface area contributed by atoms with Crippen molar-refractivity contribution in [3.05, 3.63) is 28.4 Å². The fourth-order valence-electron chi connectivity index (χ4n) is 2.32. The van der Waals surface area contributed by atoms with Gasteiger partial charge in [0.1, 0.15) is 18.4 Å². The molecule has 1 saturated heterocycles. The van der Waals surface area contributed by atoms with Crippen molar-refractivity contribution in [3.8, 4) is 5.88 Å². The van der Waals surface area contributed by atoms with Gasteiger partial charge >= 0.3 is 6.09 Å². The van der Waals surface area contributed by atoms with Crippen LogP contribution in [0.1, 0.15) is 33.6 Å². The second-order valence-electron chi connectivity index (χ2n) is 6.39. The van der Waals surface area contributed by atoms with Gasteiger partial charge in [-0.25, -0.2) is 9.78 Å². The van der Waals surface area contributed by atoms with Crippen LogP contribution in [0.5, 0.6) is 5.88 Å². The maximum Gasteiger partial charge on any atom is 0.410 e. The highest BCUT2D eigenvalue weighted by atomic mass is 16.6. The van der Waals surface area contributed by atoms with E-state index in [-0.39, 0.29) is 24.4 Å². The van der Waals surface area contributed by atoms with Crippen molar-refractivity contribution in [3.63, 3.8) is 0 Å². The zero-order valence-corrected chi connectivity index (χ0v) is 13.5. The Morgan fingerprint density at radius 2 is 2.22 bits per heavy atom. The normalized spacial score (nSPS) is 17.9. The molecule has 0 N–H and O–H groups in total. The zero-order valence-electron chi connectivity index (χ0n) is 13.5. The predicted molar refractivity (Wildman–Crippen MR) is 82.3 cm³/mol. The van der Waals surface area contributed by atoms with Crippen LogP contribution >= 0.6 is 0 Å². The smallest absolute Gasteiger partial charge is 0.410 e. The van der Waals surface area contributed by atoms with Crippen molar-refractivity contribution in [2.75, 3.05) is 13.2 Å². The molecule has 0 radical (unpaired) electrons. The lowest BCUT2D eigenvalue weighted by Crippen LogP contribution is -2.42. The first-order valence-corrected chi connectivity index (χ1v) is 7.49. The molecule has 23 heavy (non-hydrogen) atoms. The molecule has 2 rings (SSSR count). The Labute approximate surface area is 134 Å². The first-order valence-electron chi connectivity index (χ1n) is 7.49. The Morgan fingerprint density at radius 1 is 1.48 bits per heavy atom. The monoisotopic (exact) mass is 323 g/mol. The van der Waals surface area contributed by atoms with Crippen LogP contribution in [0.2, 0.25) is 0 Å². The number of pyridine rings is 1. The van der Waals surface area contributed by atoms with Crippen LogP contribution in [0.15, 0.2) is 18.3 Å². The Bertz CT molecular complexity index is 567. The van der Waals surface area contributed by atoms with E-state index in [2.05, 4.69) is 4.98 Å². The lowest BCUT2D eigenvalue weighted by atomic mass is 10.2. The Hall–Kier alpha value is -2.38. The van der Waals surface area contributed by atoms with Crippen LogP contribution in [-0.4, -0.2) is 45.7 Å². The van der Waals surface area contributed by atoms with Gasteiger partial charge in [-0.05, 0) is 33.6 Å². The highest BCUT2D eigenvalue weighted by molar-refractivity contribution is 5.69. The van der Waals surface area contributed by atoms with Crippen molar-refractivity contribution < 1.29 is 19.2 Å². The first-order chi connectivity index (χ1) is 10.8. The fourth-order valence-corrected chi connectivity index (χ4v) is 2.32. The molecule has 0 bridgehead atoms. The third kappa shape index (κ3) is 4.80. The summed E-state index contributed by atoms with van der Waals surface area (Å²) >= 11 is 0. The van der Waals surface area contributed by atoms with Gasteiger partial charge in [-0.2, -0.15) is 0 Å². The summed E-state index contributed by atoms with van der Waals surface area (Å²) in [7, 11) is 0. The molecule has 1 aromatic rings. The topological polar surface area (TPSA) is 94.8 Å². The number of likely N-dealkylation sites (tertiary alicyclic amines) is 1. The molecule has 0 aliphatic carbocycles. The van der Waals surface area contributed by atoms with Crippen LogP contribution in [-0.2, 0) is 4.74 Å². The van der Waals surface area contributed by atoms with E-state index in [1.54, 1.807) is 4.90 Å². The number of ether oxygens (including phenoxy) is 2. The highest BCUT2D eigenvalue weighted by Crippen LogP contribution is 2.22. The quantitative estimate of drug-likeness (QED) is 0.624. The van der Waals surface area contributed by atoms with Crippen molar-refractivity contribution in [1.82, 2.24) is 9.88 Å².